The topological polar surface area (TPSA) is 59.5 Å². The van der Waals surface area contributed by atoms with E-state index in [9.17, 15) is 0 Å². The molecule has 0 radical (unpaired) electrons. The van der Waals surface area contributed by atoms with E-state index in [2.05, 4.69) is 20.2 Å². The van der Waals surface area contributed by atoms with Gasteiger partial charge in [-0.25, -0.2) is 9.97 Å². The molecule has 6 nitrogen and oxygen atoms in total. The summed E-state index contributed by atoms with van der Waals surface area (Å²) >= 11 is 0. The number of ether oxygens (including phenoxy) is 2. The van der Waals surface area contributed by atoms with Crippen molar-refractivity contribution in [1.82, 2.24) is 9.97 Å². The van der Waals surface area contributed by atoms with E-state index in [1.54, 1.807) is 20.5 Å². The lowest BCUT2D eigenvalue weighted by Gasteiger charge is -2.20. The molecule has 17 heavy (non-hydrogen) atoms. The number of anilines is 2. The smallest absolute Gasteiger partial charge is 0.204 e. The average molecular weight is 238 g/mol. The fourth-order valence-electron chi connectivity index (χ4n) is 2.07. The molecule has 94 valence electrons. The van der Waals surface area contributed by atoms with Crippen molar-refractivity contribution in [3.8, 4) is 5.75 Å². The molecule has 0 bridgehead atoms. The molecule has 1 atom stereocenters. The minimum absolute atomic E-state index is 0.271. The molecule has 0 aromatic carbocycles. The van der Waals surface area contributed by atoms with Crippen molar-refractivity contribution < 1.29 is 9.47 Å². The summed E-state index contributed by atoms with van der Waals surface area (Å²) in [6, 6.07) is 0. The summed E-state index contributed by atoms with van der Waals surface area (Å²) in [5, 5.41) is 3.00. The van der Waals surface area contributed by atoms with Crippen molar-refractivity contribution in [1.29, 1.82) is 0 Å². The Morgan fingerprint density at radius 2 is 2.24 bits per heavy atom. The Labute approximate surface area is 101 Å². The molecule has 6 heteroatoms. The van der Waals surface area contributed by atoms with Gasteiger partial charge in [-0.15, -0.1) is 0 Å². The van der Waals surface area contributed by atoms with Gasteiger partial charge in [0, 0.05) is 27.2 Å². The molecule has 1 N–H and O–H groups in total. The highest BCUT2D eigenvalue weighted by Crippen LogP contribution is 2.33. The molecule has 0 spiro atoms. The zero-order chi connectivity index (χ0) is 12.3. The Balaban J connectivity index is 2.26. The van der Waals surface area contributed by atoms with E-state index in [1.807, 2.05) is 7.05 Å². The van der Waals surface area contributed by atoms with Crippen LogP contribution in [0.1, 0.15) is 6.42 Å². The Morgan fingerprint density at radius 1 is 1.41 bits per heavy atom. The van der Waals surface area contributed by atoms with E-state index in [0.717, 1.165) is 25.3 Å². The number of rotatable bonds is 4. The lowest BCUT2D eigenvalue weighted by atomic mass is 10.3. The van der Waals surface area contributed by atoms with Gasteiger partial charge in [0.1, 0.15) is 6.33 Å². The maximum atomic E-state index is 5.38. The van der Waals surface area contributed by atoms with Gasteiger partial charge in [0.15, 0.2) is 11.6 Å². The van der Waals surface area contributed by atoms with Crippen LogP contribution in [-0.2, 0) is 4.74 Å². The third-order valence-corrected chi connectivity index (χ3v) is 3.00. The van der Waals surface area contributed by atoms with Gasteiger partial charge in [-0.3, -0.25) is 0 Å². The van der Waals surface area contributed by atoms with Crippen LogP contribution in [0.5, 0.6) is 5.75 Å². The van der Waals surface area contributed by atoms with Crippen LogP contribution in [0, 0.1) is 0 Å². The molecular weight excluding hydrogens is 220 g/mol. The minimum atomic E-state index is 0.271. The second-order valence-electron chi connectivity index (χ2n) is 3.92. The highest BCUT2D eigenvalue weighted by atomic mass is 16.5. The Morgan fingerprint density at radius 3 is 2.82 bits per heavy atom. The normalized spacial score (nSPS) is 19.5. The van der Waals surface area contributed by atoms with Crippen LogP contribution >= 0.6 is 0 Å². The van der Waals surface area contributed by atoms with Gasteiger partial charge in [0.05, 0.1) is 13.2 Å². The van der Waals surface area contributed by atoms with Crippen LogP contribution in [0.4, 0.5) is 11.6 Å². The standard InChI is InChI=1S/C11H18N4O2/c1-12-10-9(17-3)11(14-7-13-10)15-5-4-8(6-15)16-2/h7-8H,4-6H2,1-3H3,(H,12,13,14). The molecule has 2 rings (SSSR count). The van der Waals surface area contributed by atoms with E-state index < -0.39 is 0 Å². The monoisotopic (exact) mass is 238 g/mol. The van der Waals surface area contributed by atoms with E-state index in [-0.39, 0.29) is 6.10 Å². The quantitative estimate of drug-likeness (QED) is 0.835. The predicted molar refractivity (Wildman–Crippen MR) is 65.8 cm³/mol. The summed E-state index contributed by atoms with van der Waals surface area (Å²) < 4.78 is 10.7. The molecule has 1 aromatic heterocycles. The van der Waals surface area contributed by atoms with Gasteiger partial charge < -0.3 is 19.7 Å². The van der Waals surface area contributed by atoms with Crippen molar-refractivity contribution in [2.75, 3.05) is 44.6 Å². The van der Waals surface area contributed by atoms with Crippen LogP contribution in [0.25, 0.3) is 0 Å². The van der Waals surface area contributed by atoms with Crippen molar-refractivity contribution >= 4 is 11.6 Å². The number of aromatic nitrogens is 2. The van der Waals surface area contributed by atoms with E-state index in [1.165, 1.54) is 0 Å². The molecule has 0 saturated carbocycles. The molecule has 1 aliphatic rings. The SMILES string of the molecule is CNc1ncnc(N2CCC(OC)C2)c1OC. The first-order valence-corrected chi connectivity index (χ1v) is 5.64. The molecule has 0 amide bonds. The second-order valence-corrected chi connectivity index (χ2v) is 3.92. The van der Waals surface area contributed by atoms with Gasteiger partial charge in [0.25, 0.3) is 0 Å². The second kappa shape index (κ2) is 5.18. The van der Waals surface area contributed by atoms with E-state index in [0.29, 0.717) is 11.6 Å². The molecule has 1 aliphatic heterocycles. The Bertz CT molecular complexity index is 386. The third-order valence-electron chi connectivity index (χ3n) is 3.00. The maximum Gasteiger partial charge on any atom is 0.204 e. The molecule has 1 unspecified atom stereocenters. The molecular formula is C11H18N4O2. The first kappa shape index (κ1) is 11.9. The average Bonchev–Trinajstić information content (AvgIpc) is 2.86. The molecule has 0 aliphatic carbocycles. The predicted octanol–water partition coefficient (Wildman–Crippen LogP) is 0.752. The van der Waals surface area contributed by atoms with Crippen molar-refractivity contribution in [2.24, 2.45) is 0 Å². The van der Waals surface area contributed by atoms with Crippen molar-refractivity contribution in [2.45, 2.75) is 12.5 Å². The van der Waals surface area contributed by atoms with Crippen LogP contribution in [0.2, 0.25) is 0 Å². The number of nitrogens with zero attached hydrogens (tertiary/aromatic N) is 3. The van der Waals surface area contributed by atoms with Crippen LogP contribution < -0.4 is 15.0 Å². The summed E-state index contributed by atoms with van der Waals surface area (Å²) in [4.78, 5) is 10.6. The van der Waals surface area contributed by atoms with E-state index >= 15 is 0 Å². The first-order chi connectivity index (χ1) is 8.30. The largest absolute Gasteiger partial charge is 0.490 e. The minimum Gasteiger partial charge on any atom is -0.490 e. The lowest BCUT2D eigenvalue weighted by molar-refractivity contribution is 0.121. The number of methoxy groups -OCH3 is 2. The van der Waals surface area contributed by atoms with Gasteiger partial charge in [-0.2, -0.15) is 0 Å². The van der Waals surface area contributed by atoms with Crippen LogP contribution in [0.15, 0.2) is 6.33 Å². The van der Waals surface area contributed by atoms with Gasteiger partial charge >= 0.3 is 0 Å². The highest BCUT2D eigenvalue weighted by molar-refractivity contribution is 5.64. The maximum absolute atomic E-state index is 5.38. The van der Waals surface area contributed by atoms with Gasteiger partial charge in [-0.05, 0) is 6.42 Å². The summed E-state index contributed by atoms with van der Waals surface area (Å²) in [7, 11) is 5.19. The fourth-order valence-corrected chi connectivity index (χ4v) is 2.07. The Kier molecular flexibility index (Phi) is 3.63. The number of nitrogens with one attached hydrogen (secondary N) is 1. The molecule has 1 saturated heterocycles. The van der Waals surface area contributed by atoms with Gasteiger partial charge in [0.2, 0.25) is 5.75 Å². The summed E-state index contributed by atoms with van der Waals surface area (Å²) in [6.07, 6.45) is 2.83. The third kappa shape index (κ3) is 2.26. The first-order valence-electron chi connectivity index (χ1n) is 5.64. The zero-order valence-electron chi connectivity index (χ0n) is 10.4. The van der Waals surface area contributed by atoms with Crippen molar-refractivity contribution in [3.63, 3.8) is 0 Å². The zero-order valence-corrected chi connectivity index (χ0v) is 10.4. The lowest BCUT2D eigenvalue weighted by Crippen LogP contribution is -2.24. The summed E-state index contributed by atoms with van der Waals surface area (Å²) in [5.41, 5.74) is 0. The molecule has 1 fully saturated rings. The summed E-state index contributed by atoms with van der Waals surface area (Å²) in [5.74, 6) is 2.22. The molecule has 1 aromatic rings. The van der Waals surface area contributed by atoms with Crippen LogP contribution in [0.3, 0.4) is 0 Å². The number of hydrogen-bond acceptors (Lipinski definition) is 6. The van der Waals surface area contributed by atoms with E-state index in [4.69, 9.17) is 9.47 Å². The summed E-state index contributed by atoms with van der Waals surface area (Å²) in [6.45, 7) is 1.77. The Hall–Kier alpha value is -1.56. The molecule has 2 heterocycles. The number of hydrogen-bond donors (Lipinski definition) is 1. The fraction of sp³-hybridized carbons (Fsp3) is 0.636. The van der Waals surface area contributed by atoms with Crippen LogP contribution in [-0.4, -0.2) is 50.4 Å². The highest BCUT2D eigenvalue weighted by Gasteiger charge is 2.26. The van der Waals surface area contributed by atoms with Gasteiger partial charge in [-0.1, -0.05) is 0 Å². The van der Waals surface area contributed by atoms with Crippen molar-refractivity contribution in [3.05, 3.63) is 6.33 Å².